The molecule has 33 heavy (non-hydrogen) atoms. The van der Waals surface area contributed by atoms with Crippen molar-refractivity contribution in [2.75, 3.05) is 18.4 Å². The summed E-state index contributed by atoms with van der Waals surface area (Å²) in [5, 5.41) is 17.1. The van der Waals surface area contributed by atoms with Crippen LogP contribution < -0.4 is 11.1 Å². The maximum absolute atomic E-state index is 13.2. The van der Waals surface area contributed by atoms with Crippen molar-refractivity contribution in [1.29, 1.82) is 5.26 Å². The number of amides is 1. The zero-order chi connectivity index (χ0) is 23.2. The first-order valence-electron chi connectivity index (χ1n) is 11.1. The summed E-state index contributed by atoms with van der Waals surface area (Å²) in [4.78, 5) is 14.5. The average molecular weight is 447 g/mol. The smallest absolute Gasteiger partial charge is 0.254 e. The van der Waals surface area contributed by atoms with Crippen molar-refractivity contribution in [2.45, 2.75) is 31.8 Å². The quantitative estimate of drug-likeness (QED) is 0.539. The predicted molar refractivity (Wildman–Crippen MR) is 124 cm³/mol. The molecule has 0 bridgehead atoms. The zero-order valence-electron chi connectivity index (χ0n) is 18.3. The van der Waals surface area contributed by atoms with Crippen molar-refractivity contribution < 1.29 is 9.18 Å². The van der Waals surface area contributed by atoms with Gasteiger partial charge in [0.05, 0.1) is 18.5 Å². The number of nitriles is 1. The second-order valence-electron chi connectivity index (χ2n) is 8.40. The molecule has 8 heteroatoms. The molecule has 1 saturated heterocycles. The SMILES string of the molecule is N#CCC(C1CCN(Cc2ccccc2)CC1)n1cc(C(N)=O)c(Nc2ccc(F)cc2)n1. The van der Waals surface area contributed by atoms with Crippen LogP contribution in [0.4, 0.5) is 15.9 Å². The molecule has 2 heterocycles. The number of rotatable bonds is 8. The molecule has 1 aliphatic rings. The molecule has 1 aliphatic heterocycles. The van der Waals surface area contributed by atoms with Crippen molar-refractivity contribution in [2.24, 2.45) is 11.7 Å². The highest BCUT2D eigenvalue weighted by Crippen LogP contribution is 2.33. The third-order valence-electron chi connectivity index (χ3n) is 6.17. The van der Waals surface area contributed by atoms with E-state index in [4.69, 9.17) is 5.73 Å². The lowest BCUT2D eigenvalue weighted by atomic mass is 9.87. The van der Waals surface area contributed by atoms with Crippen LogP contribution in [0.2, 0.25) is 0 Å². The molecule has 170 valence electrons. The predicted octanol–water partition coefficient (Wildman–Crippen LogP) is 4.23. The summed E-state index contributed by atoms with van der Waals surface area (Å²) in [6.45, 7) is 2.79. The van der Waals surface area contributed by atoms with Gasteiger partial charge in [-0.3, -0.25) is 14.4 Å². The second kappa shape index (κ2) is 10.3. The van der Waals surface area contributed by atoms with Gasteiger partial charge in [-0.25, -0.2) is 4.39 Å². The Morgan fingerprint density at radius 1 is 1.18 bits per heavy atom. The first-order chi connectivity index (χ1) is 16.0. The number of aromatic nitrogens is 2. The van der Waals surface area contributed by atoms with Gasteiger partial charge in [0.2, 0.25) is 0 Å². The number of likely N-dealkylation sites (tertiary alicyclic amines) is 1. The highest BCUT2D eigenvalue weighted by molar-refractivity contribution is 5.98. The molecule has 0 aliphatic carbocycles. The van der Waals surface area contributed by atoms with Gasteiger partial charge in [0.15, 0.2) is 5.82 Å². The summed E-state index contributed by atoms with van der Waals surface area (Å²) in [5.41, 5.74) is 7.71. The Morgan fingerprint density at radius 3 is 2.52 bits per heavy atom. The van der Waals surface area contributed by atoms with Crippen LogP contribution in [-0.2, 0) is 6.54 Å². The molecular formula is C25H27FN6O. The number of halogens is 1. The Labute approximate surface area is 192 Å². The summed E-state index contributed by atoms with van der Waals surface area (Å²) < 4.78 is 14.9. The topological polar surface area (TPSA) is 100.0 Å². The minimum atomic E-state index is -0.612. The second-order valence-corrected chi connectivity index (χ2v) is 8.40. The van der Waals surface area contributed by atoms with Crippen molar-refractivity contribution in [3.05, 3.63) is 77.7 Å². The Balaban J connectivity index is 1.49. The molecule has 1 atom stereocenters. The number of anilines is 2. The van der Waals surface area contributed by atoms with E-state index >= 15 is 0 Å². The molecule has 7 nitrogen and oxygen atoms in total. The summed E-state index contributed by atoms with van der Waals surface area (Å²) in [6, 6.07) is 18.3. The van der Waals surface area contributed by atoms with Crippen molar-refractivity contribution in [1.82, 2.24) is 14.7 Å². The Kier molecular flexibility index (Phi) is 7.01. The Morgan fingerprint density at radius 2 is 1.88 bits per heavy atom. The van der Waals surface area contributed by atoms with Crippen LogP contribution in [0, 0.1) is 23.1 Å². The monoisotopic (exact) mass is 446 g/mol. The molecule has 0 radical (unpaired) electrons. The van der Waals surface area contributed by atoms with Gasteiger partial charge in [-0.15, -0.1) is 0 Å². The van der Waals surface area contributed by atoms with Gasteiger partial charge in [-0.2, -0.15) is 10.4 Å². The Hall–Kier alpha value is -3.70. The summed E-state index contributed by atoms with van der Waals surface area (Å²) in [6.07, 6.45) is 3.78. The lowest BCUT2D eigenvalue weighted by Crippen LogP contribution is -2.36. The van der Waals surface area contributed by atoms with Crippen LogP contribution in [-0.4, -0.2) is 33.7 Å². The fraction of sp³-hybridized carbons (Fsp3) is 0.320. The molecule has 1 amide bonds. The lowest BCUT2D eigenvalue weighted by molar-refractivity contribution is 0.100. The van der Waals surface area contributed by atoms with Gasteiger partial charge in [-0.05, 0) is 61.7 Å². The fourth-order valence-electron chi connectivity index (χ4n) is 4.41. The fourth-order valence-corrected chi connectivity index (χ4v) is 4.41. The van der Waals surface area contributed by atoms with Gasteiger partial charge >= 0.3 is 0 Å². The number of hydrogen-bond acceptors (Lipinski definition) is 5. The van der Waals surface area contributed by atoms with Crippen LogP contribution in [0.15, 0.2) is 60.8 Å². The first-order valence-corrected chi connectivity index (χ1v) is 11.1. The average Bonchev–Trinajstić information content (AvgIpc) is 3.24. The Bertz CT molecular complexity index is 1110. The largest absolute Gasteiger partial charge is 0.365 e. The zero-order valence-corrected chi connectivity index (χ0v) is 18.3. The van der Waals surface area contributed by atoms with Crippen molar-refractivity contribution in [3.8, 4) is 6.07 Å². The van der Waals surface area contributed by atoms with E-state index in [2.05, 4.69) is 45.7 Å². The summed E-state index contributed by atoms with van der Waals surface area (Å²) in [7, 11) is 0. The van der Waals surface area contributed by atoms with Gasteiger partial charge < -0.3 is 11.1 Å². The van der Waals surface area contributed by atoms with E-state index in [1.54, 1.807) is 23.0 Å². The van der Waals surface area contributed by atoms with Crippen molar-refractivity contribution in [3.63, 3.8) is 0 Å². The van der Waals surface area contributed by atoms with E-state index in [1.807, 2.05) is 6.07 Å². The van der Waals surface area contributed by atoms with Gasteiger partial charge in [-0.1, -0.05) is 30.3 Å². The number of benzene rings is 2. The van der Waals surface area contributed by atoms with Crippen LogP contribution in [0.1, 0.15) is 41.2 Å². The van der Waals surface area contributed by atoms with Crippen molar-refractivity contribution >= 4 is 17.4 Å². The van der Waals surface area contributed by atoms with E-state index in [9.17, 15) is 14.4 Å². The number of nitrogens with two attached hydrogens (primary N) is 1. The normalized spacial score (nSPS) is 15.6. The molecule has 1 fully saturated rings. The minimum Gasteiger partial charge on any atom is -0.365 e. The van der Waals surface area contributed by atoms with Crippen LogP contribution in [0.3, 0.4) is 0 Å². The molecule has 4 rings (SSSR count). The third-order valence-corrected chi connectivity index (χ3v) is 6.17. The maximum Gasteiger partial charge on any atom is 0.254 e. The van der Waals surface area contributed by atoms with E-state index in [0.717, 1.165) is 32.5 Å². The number of nitrogens with one attached hydrogen (secondary N) is 1. The minimum absolute atomic E-state index is 0.157. The number of carbonyl (C=O) groups excluding carboxylic acids is 1. The van der Waals surface area contributed by atoms with E-state index in [1.165, 1.54) is 17.7 Å². The van der Waals surface area contributed by atoms with E-state index < -0.39 is 5.91 Å². The molecule has 2 aromatic carbocycles. The molecule has 1 aromatic heterocycles. The number of piperidine rings is 1. The number of primary amides is 1. The third kappa shape index (κ3) is 5.57. The molecular weight excluding hydrogens is 419 g/mol. The van der Waals surface area contributed by atoms with Gasteiger partial charge in [0.25, 0.3) is 5.91 Å². The molecule has 0 saturated carbocycles. The van der Waals surface area contributed by atoms with E-state index in [0.29, 0.717) is 17.9 Å². The van der Waals surface area contributed by atoms with Gasteiger partial charge in [0, 0.05) is 18.4 Å². The summed E-state index contributed by atoms with van der Waals surface area (Å²) >= 11 is 0. The lowest BCUT2D eigenvalue weighted by Gasteiger charge is -2.35. The first kappa shape index (κ1) is 22.5. The number of nitrogens with zero attached hydrogens (tertiary/aromatic N) is 4. The highest BCUT2D eigenvalue weighted by Gasteiger charge is 2.29. The standard InChI is InChI=1S/C25H27FN6O/c26-20-6-8-21(9-7-20)29-25-22(24(28)33)17-32(30-25)23(10-13-27)19-11-14-31(15-12-19)16-18-4-2-1-3-5-18/h1-9,17,19,23H,10-12,14-16H2,(H2,28,33)(H,29,30). The highest BCUT2D eigenvalue weighted by atomic mass is 19.1. The number of carbonyl (C=O) groups is 1. The van der Waals surface area contributed by atoms with Crippen LogP contribution in [0.25, 0.3) is 0 Å². The number of hydrogen-bond donors (Lipinski definition) is 2. The van der Waals surface area contributed by atoms with Crippen LogP contribution in [0.5, 0.6) is 0 Å². The van der Waals surface area contributed by atoms with Crippen LogP contribution >= 0.6 is 0 Å². The molecule has 0 spiro atoms. The molecule has 3 N–H and O–H groups in total. The van der Waals surface area contributed by atoms with E-state index in [-0.39, 0.29) is 23.3 Å². The molecule has 1 unspecified atom stereocenters. The summed E-state index contributed by atoms with van der Waals surface area (Å²) in [5.74, 6) is -0.400. The molecule has 3 aromatic rings. The maximum atomic E-state index is 13.2. The van der Waals surface area contributed by atoms with Gasteiger partial charge in [0.1, 0.15) is 11.4 Å².